The van der Waals surface area contributed by atoms with E-state index in [0.717, 1.165) is 18.7 Å². The highest BCUT2D eigenvalue weighted by Gasteiger charge is 2.19. The van der Waals surface area contributed by atoms with Crippen molar-refractivity contribution in [3.05, 3.63) is 101 Å². The number of carbonyl (C=O) groups is 3. The van der Waals surface area contributed by atoms with Crippen LogP contribution in [0.3, 0.4) is 0 Å². The van der Waals surface area contributed by atoms with Crippen molar-refractivity contribution in [3.8, 4) is 0 Å². The van der Waals surface area contributed by atoms with E-state index in [0.29, 0.717) is 11.3 Å². The molecule has 0 aromatic heterocycles. The summed E-state index contributed by atoms with van der Waals surface area (Å²) in [6, 6.07) is 18.8. The van der Waals surface area contributed by atoms with Crippen LogP contribution >= 0.6 is 0 Å². The predicted molar refractivity (Wildman–Crippen MR) is 125 cm³/mol. The van der Waals surface area contributed by atoms with Gasteiger partial charge in [-0.25, -0.2) is 9.59 Å². The molecule has 3 aromatic rings. The summed E-state index contributed by atoms with van der Waals surface area (Å²) in [6.45, 7) is 1.87. The van der Waals surface area contributed by atoms with Crippen molar-refractivity contribution in [2.45, 2.75) is 6.92 Å². The minimum absolute atomic E-state index is 0.0612. The Morgan fingerprint density at radius 3 is 2.15 bits per heavy atom. The summed E-state index contributed by atoms with van der Waals surface area (Å²) in [5.74, 6) is -3.23. The first kappa shape index (κ1) is 23.9. The Labute approximate surface area is 195 Å². The molecule has 0 atom stereocenters. The molecule has 9 nitrogen and oxygen atoms in total. The lowest BCUT2D eigenvalue weighted by Gasteiger charge is -2.09. The van der Waals surface area contributed by atoms with Crippen LogP contribution < -0.4 is 5.32 Å². The van der Waals surface area contributed by atoms with Gasteiger partial charge in [0.05, 0.1) is 18.2 Å². The van der Waals surface area contributed by atoms with E-state index >= 15 is 0 Å². The maximum absolute atomic E-state index is 13.0. The van der Waals surface area contributed by atoms with E-state index in [-0.39, 0.29) is 16.8 Å². The van der Waals surface area contributed by atoms with Gasteiger partial charge in [-0.15, -0.1) is 10.2 Å². The van der Waals surface area contributed by atoms with Crippen LogP contribution in [0.25, 0.3) is 5.76 Å². The SMILES string of the molecule is COC(=O)c1ccc(C(=O)O)cc1N=NC(C(=O)Nc1ccccc1)=C(O)c1ccc(C)cc1. The van der Waals surface area contributed by atoms with Crippen LogP contribution in [0.2, 0.25) is 0 Å². The highest BCUT2D eigenvalue weighted by molar-refractivity contribution is 6.07. The van der Waals surface area contributed by atoms with E-state index in [1.54, 1.807) is 54.6 Å². The lowest BCUT2D eigenvalue weighted by molar-refractivity contribution is -0.112. The normalized spacial score (nSPS) is 11.6. The minimum Gasteiger partial charge on any atom is -0.505 e. The third kappa shape index (κ3) is 5.71. The third-order valence-electron chi connectivity index (χ3n) is 4.70. The molecule has 0 heterocycles. The van der Waals surface area contributed by atoms with E-state index in [4.69, 9.17) is 4.74 Å². The van der Waals surface area contributed by atoms with Gasteiger partial charge in [-0.2, -0.15) is 0 Å². The van der Waals surface area contributed by atoms with Gasteiger partial charge in [-0.3, -0.25) is 4.79 Å². The summed E-state index contributed by atoms with van der Waals surface area (Å²) in [5.41, 5.74) is 0.923. The number of nitrogens with zero attached hydrogens (tertiary/aromatic N) is 2. The fraction of sp³-hybridized carbons (Fsp3) is 0.0800. The number of aliphatic hydroxyl groups excluding tert-OH is 1. The fourth-order valence-corrected chi connectivity index (χ4v) is 2.89. The molecule has 0 fully saturated rings. The largest absolute Gasteiger partial charge is 0.505 e. The van der Waals surface area contributed by atoms with E-state index < -0.39 is 29.3 Å². The van der Waals surface area contributed by atoms with Crippen molar-refractivity contribution < 1.29 is 29.3 Å². The molecule has 0 saturated carbocycles. The molecule has 172 valence electrons. The van der Waals surface area contributed by atoms with Crippen LogP contribution in [-0.4, -0.2) is 35.2 Å². The zero-order chi connectivity index (χ0) is 24.7. The molecule has 3 N–H and O–H groups in total. The smallest absolute Gasteiger partial charge is 0.340 e. The van der Waals surface area contributed by atoms with Crippen LogP contribution in [0.15, 0.2) is 88.7 Å². The summed E-state index contributed by atoms with van der Waals surface area (Å²) in [7, 11) is 1.16. The van der Waals surface area contributed by atoms with Crippen LogP contribution in [0.5, 0.6) is 0 Å². The maximum atomic E-state index is 13.0. The number of esters is 1. The molecule has 0 unspecified atom stereocenters. The average molecular weight is 459 g/mol. The van der Waals surface area contributed by atoms with Gasteiger partial charge < -0.3 is 20.3 Å². The number of aromatic carboxylic acids is 1. The van der Waals surface area contributed by atoms with E-state index in [1.165, 1.54) is 12.1 Å². The molecule has 0 aliphatic heterocycles. The van der Waals surface area contributed by atoms with E-state index in [2.05, 4.69) is 15.5 Å². The second-order valence-corrected chi connectivity index (χ2v) is 7.11. The number of carboxylic acid groups (broad SMARTS) is 1. The number of benzene rings is 3. The molecule has 34 heavy (non-hydrogen) atoms. The van der Waals surface area contributed by atoms with Crippen LogP contribution in [0.4, 0.5) is 11.4 Å². The summed E-state index contributed by atoms with van der Waals surface area (Å²) in [4.78, 5) is 36.5. The number of anilines is 1. The van der Waals surface area contributed by atoms with E-state index in [9.17, 15) is 24.6 Å². The molecule has 0 spiro atoms. The van der Waals surface area contributed by atoms with Gasteiger partial charge >= 0.3 is 11.9 Å². The number of aliphatic hydroxyl groups is 1. The number of para-hydroxylation sites is 1. The highest BCUT2D eigenvalue weighted by Crippen LogP contribution is 2.26. The highest BCUT2D eigenvalue weighted by atomic mass is 16.5. The van der Waals surface area contributed by atoms with E-state index in [1.807, 2.05) is 6.92 Å². The molecule has 9 heteroatoms. The topological polar surface area (TPSA) is 138 Å². The monoisotopic (exact) mass is 459 g/mol. The number of aryl methyl sites for hydroxylation is 1. The summed E-state index contributed by atoms with van der Waals surface area (Å²) >= 11 is 0. The lowest BCUT2D eigenvalue weighted by atomic mass is 10.1. The van der Waals surface area contributed by atoms with Crippen molar-refractivity contribution in [1.82, 2.24) is 0 Å². The number of methoxy groups -OCH3 is 1. The van der Waals surface area contributed by atoms with Crippen LogP contribution in [-0.2, 0) is 9.53 Å². The van der Waals surface area contributed by atoms with Gasteiger partial charge in [0.1, 0.15) is 5.69 Å². The first-order chi connectivity index (χ1) is 16.3. The summed E-state index contributed by atoms with van der Waals surface area (Å²) < 4.78 is 4.71. The second kappa shape index (κ2) is 10.7. The van der Waals surface area contributed by atoms with Crippen molar-refractivity contribution in [2.75, 3.05) is 12.4 Å². The number of hydrogen-bond acceptors (Lipinski definition) is 7. The molecule has 0 radical (unpaired) electrons. The second-order valence-electron chi connectivity index (χ2n) is 7.11. The quantitative estimate of drug-likeness (QED) is 0.194. The average Bonchev–Trinajstić information content (AvgIpc) is 2.84. The number of hydrogen-bond donors (Lipinski definition) is 3. The minimum atomic E-state index is -1.24. The van der Waals surface area contributed by atoms with Gasteiger partial charge in [0.15, 0.2) is 11.5 Å². The van der Waals surface area contributed by atoms with Crippen molar-refractivity contribution in [1.29, 1.82) is 0 Å². The predicted octanol–water partition coefficient (Wildman–Crippen LogP) is 5.13. The third-order valence-corrected chi connectivity index (χ3v) is 4.70. The molecule has 0 bridgehead atoms. The fourth-order valence-electron chi connectivity index (χ4n) is 2.89. The summed E-state index contributed by atoms with van der Waals surface area (Å²) in [6.07, 6.45) is 0. The number of azo groups is 1. The Kier molecular flexibility index (Phi) is 7.50. The van der Waals surface area contributed by atoms with Crippen molar-refractivity contribution in [3.63, 3.8) is 0 Å². The Hall–Kier alpha value is -4.79. The van der Waals surface area contributed by atoms with Gasteiger partial charge in [0.25, 0.3) is 5.91 Å². The molecule has 0 aliphatic rings. The van der Waals surface area contributed by atoms with Crippen LogP contribution in [0.1, 0.15) is 31.8 Å². The first-order valence-corrected chi connectivity index (χ1v) is 10.0. The number of carbonyl (C=O) groups excluding carboxylic acids is 2. The number of carboxylic acids is 1. The molecular formula is C25H21N3O6. The van der Waals surface area contributed by atoms with Gasteiger partial charge in [-0.1, -0.05) is 48.0 Å². The molecule has 3 aromatic carbocycles. The molecule has 0 saturated heterocycles. The van der Waals surface area contributed by atoms with Crippen molar-refractivity contribution in [2.24, 2.45) is 10.2 Å². The standard InChI is InChI=1S/C25H21N3O6/c1-15-8-10-16(11-9-15)22(29)21(23(30)26-18-6-4-3-5-7-18)28-27-20-14-17(24(31)32)12-13-19(20)25(33)34-2/h3-14,29H,1-2H3,(H,26,30)(H,31,32). The van der Waals surface area contributed by atoms with Crippen LogP contribution in [0, 0.1) is 6.92 Å². The maximum Gasteiger partial charge on any atom is 0.340 e. The zero-order valence-corrected chi connectivity index (χ0v) is 18.4. The van der Waals surface area contributed by atoms with Crippen molar-refractivity contribution >= 4 is 35.0 Å². The number of rotatable bonds is 7. The lowest BCUT2D eigenvalue weighted by Crippen LogP contribution is -2.15. The number of ether oxygens (including phenoxy) is 1. The Morgan fingerprint density at radius 2 is 1.53 bits per heavy atom. The molecular weight excluding hydrogens is 438 g/mol. The Bertz CT molecular complexity index is 1280. The first-order valence-electron chi connectivity index (χ1n) is 10.0. The molecule has 0 aliphatic carbocycles. The summed E-state index contributed by atoms with van der Waals surface area (Å²) in [5, 5.41) is 30.6. The number of nitrogens with one attached hydrogen (secondary N) is 1. The van der Waals surface area contributed by atoms with Gasteiger partial charge in [0, 0.05) is 11.3 Å². The molecule has 1 amide bonds. The van der Waals surface area contributed by atoms with Gasteiger partial charge in [-0.05, 0) is 37.3 Å². The molecule has 3 rings (SSSR count). The van der Waals surface area contributed by atoms with Gasteiger partial charge in [0.2, 0.25) is 0 Å². The zero-order valence-electron chi connectivity index (χ0n) is 18.4. The number of amides is 1. The Balaban J connectivity index is 2.10. The Morgan fingerprint density at radius 1 is 0.882 bits per heavy atom.